The Hall–Kier alpha value is -2.82. The number of benzene rings is 1. The number of Topliss-reactive ketones (excluding diaryl/α,β-unsaturated/α-hetero) is 1. The Labute approximate surface area is 159 Å². The molecule has 1 aliphatic heterocycles. The number of fused-ring (bicyclic) bond motifs is 1. The Balaban J connectivity index is 1.73. The number of pyridine rings is 1. The van der Waals surface area contributed by atoms with Crippen LogP contribution in [0.15, 0.2) is 58.1 Å². The molecule has 0 N–H and O–H groups in total. The number of thioether (sulfide) groups is 1. The number of ether oxygens (including phenoxy) is 1. The number of halogens is 1. The van der Waals surface area contributed by atoms with Gasteiger partial charge in [-0.05, 0) is 24.3 Å². The maximum Gasteiger partial charge on any atom is 0.340 e. The van der Waals surface area contributed by atoms with E-state index in [4.69, 9.17) is 16.3 Å². The van der Waals surface area contributed by atoms with Crippen LogP contribution in [-0.4, -0.2) is 30.4 Å². The fourth-order valence-electron chi connectivity index (χ4n) is 2.33. The Bertz CT molecular complexity index is 951. The summed E-state index contributed by atoms with van der Waals surface area (Å²) in [4.78, 5) is 30.9. The van der Waals surface area contributed by atoms with Crippen molar-refractivity contribution in [1.29, 1.82) is 5.26 Å². The molecule has 8 heteroatoms. The SMILES string of the molecule is CN1C(=C(C#N)C(=O)COC(=O)c2ccc(Cl)nc2)Sc2ccccc21. The summed E-state index contributed by atoms with van der Waals surface area (Å²) >= 11 is 7.00. The summed E-state index contributed by atoms with van der Waals surface area (Å²) in [5.41, 5.74) is 1.04. The minimum absolute atomic E-state index is 0.0456. The van der Waals surface area contributed by atoms with Gasteiger partial charge in [0, 0.05) is 18.1 Å². The van der Waals surface area contributed by atoms with E-state index < -0.39 is 18.4 Å². The number of carbonyl (C=O) groups excluding carboxylic acids is 2. The topological polar surface area (TPSA) is 83.3 Å². The minimum atomic E-state index is -0.708. The molecule has 0 radical (unpaired) electrons. The summed E-state index contributed by atoms with van der Waals surface area (Å²) in [7, 11) is 1.78. The summed E-state index contributed by atoms with van der Waals surface area (Å²) in [6, 6.07) is 12.4. The molecule has 2 heterocycles. The first-order valence-corrected chi connectivity index (χ1v) is 8.67. The second-order valence-corrected chi connectivity index (χ2v) is 6.71. The fraction of sp³-hybridized carbons (Fsp3) is 0.111. The second kappa shape index (κ2) is 7.60. The van der Waals surface area contributed by atoms with Crippen molar-refractivity contribution < 1.29 is 14.3 Å². The Morgan fingerprint density at radius 2 is 2.08 bits per heavy atom. The smallest absolute Gasteiger partial charge is 0.340 e. The zero-order chi connectivity index (χ0) is 18.7. The van der Waals surface area contributed by atoms with Crippen LogP contribution in [-0.2, 0) is 9.53 Å². The highest BCUT2D eigenvalue weighted by atomic mass is 35.5. The predicted molar refractivity (Wildman–Crippen MR) is 97.9 cm³/mol. The molecule has 1 aliphatic rings. The monoisotopic (exact) mass is 385 g/mol. The van der Waals surface area contributed by atoms with E-state index in [-0.39, 0.29) is 16.3 Å². The number of nitriles is 1. The first-order valence-electron chi connectivity index (χ1n) is 7.48. The Morgan fingerprint density at radius 1 is 1.31 bits per heavy atom. The van der Waals surface area contributed by atoms with Gasteiger partial charge >= 0.3 is 5.97 Å². The van der Waals surface area contributed by atoms with E-state index in [0.29, 0.717) is 5.03 Å². The highest BCUT2D eigenvalue weighted by Gasteiger charge is 2.28. The van der Waals surface area contributed by atoms with Crippen LogP contribution in [0.1, 0.15) is 10.4 Å². The van der Waals surface area contributed by atoms with E-state index in [9.17, 15) is 14.9 Å². The van der Waals surface area contributed by atoms with Crippen molar-refractivity contribution in [2.24, 2.45) is 0 Å². The first-order chi connectivity index (χ1) is 12.5. The number of ketones is 1. The number of carbonyl (C=O) groups is 2. The summed E-state index contributed by atoms with van der Waals surface area (Å²) in [5, 5.41) is 10.2. The van der Waals surface area contributed by atoms with E-state index in [1.807, 2.05) is 30.3 Å². The molecule has 0 saturated carbocycles. The fourth-order valence-corrected chi connectivity index (χ4v) is 3.61. The van der Waals surface area contributed by atoms with Crippen molar-refractivity contribution in [3.63, 3.8) is 0 Å². The molecule has 6 nitrogen and oxygen atoms in total. The number of esters is 1. The van der Waals surface area contributed by atoms with Crippen molar-refractivity contribution in [2.75, 3.05) is 18.6 Å². The van der Waals surface area contributed by atoms with Crippen molar-refractivity contribution >= 4 is 40.8 Å². The number of para-hydroxylation sites is 1. The lowest BCUT2D eigenvalue weighted by molar-refractivity contribution is -0.118. The molecule has 3 rings (SSSR count). The highest BCUT2D eigenvalue weighted by molar-refractivity contribution is 8.03. The number of aromatic nitrogens is 1. The summed E-state index contributed by atoms with van der Waals surface area (Å²) < 4.78 is 5.00. The molecule has 2 aromatic rings. The molecule has 1 aromatic heterocycles. The number of hydrogen-bond acceptors (Lipinski definition) is 7. The van der Waals surface area contributed by atoms with Gasteiger partial charge < -0.3 is 9.64 Å². The molecule has 0 fully saturated rings. The van der Waals surface area contributed by atoms with Crippen LogP contribution in [0.25, 0.3) is 0 Å². The van der Waals surface area contributed by atoms with Gasteiger partial charge in [0.2, 0.25) is 5.78 Å². The van der Waals surface area contributed by atoms with E-state index in [0.717, 1.165) is 10.6 Å². The van der Waals surface area contributed by atoms with Gasteiger partial charge in [-0.3, -0.25) is 4.79 Å². The van der Waals surface area contributed by atoms with Gasteiger partial charge in [-0.15, -0.1) is 0 Å². The Morgan fingerprint density at radius 3 is 2.73 bits per heavy atom. The molecule has 0 atom stereocenters. The van der Waals surface area contributed by atoms with Crippen LogP contribution in [0.5, 0.6) is 0 Å². The highest BCUT2D eigenvalue weighted by Crippen LogP contribution is 2.46. The van der Waals surface area contributed by atoms with Crippen molar-refractivity contribution in [3.8, 4) is 6.07 Å². The molecule has 0 unspecified atom stereocenters. The van der Waals surface area contributed by atoms with Gasteiger partial charge in [0.15, 0.2) is 6.61 Å². The molecule has 1 aromatic carbocycles. The molecule has 0 saturated heterocycles. The third-order valence-corrected chi connectivity index (χ3v) is 5.10. The Kier molecular flexibility index (Phi) is 5.26. The molecule has 0 amide bonds. The van der Waals surface area contributed by atoms with E-state index >= 15 is 0 Å². The zero-order valence-electron chi connectivity index (χ0n) is 13.6. The minimum Gasteiger partial charge on any atom is -0.454 e. The van der Waals surface area contributed by atoms with Crippen LogP contribution >= 0.6 is 23.4 Å². The van der Waals surface area contributed by atoms with Gasteiger partial charge in [0.25, 0.3) is 0 Å². The first kappa shape index (κ1) is 18.0. The van der Waals surface area contributed by atoms with Crippen LogP contribution in [0.3, 0.4) is 0 Å². The van der Waals surface area contributed by atoms with E-state index in [1.54, 1.807) is 11.9 Å². The number of rotatable bonds is 4. The van der Waals surface area contributed by atoms with Gasteiger partial charge in [0.05, 0.1) is 11.3 Å². The lowest BCUT2D eigenvalue weighted by Crippen LogP contribution is -2.20. The van der Waals surface area contributed by atoms with E-state index in [2.05, 4.69) is 4.98 Å². The lowest BCUT2D eigenvalue weighted by Gasteiger charge is -2.14. The van der Waals surface area contributed by atoms with Crippen LogP contribution in [0, 0.1) is 11.3 Å². The second-order valence-electron chi connectivity index (χ2n) is 5.29. The standard InChI is InChI=1S/C18H12ClN3O3S/c1-22-13-4-2-3-5-15(13)26-17(22)12(8-20)14(23)10-25-18(24)11-6-7-16(19)21-9-11/h2-7,9H,10H2,1H3. The molecule has 0 spiro atoms. The summed E-state index contributed by atoms with van der Waals surface area (Å²) in [6.45, 7) is -0.529. The van der Waals surface area contributed by atoms with Gasteiger partial charge in [-0.2, -0.15) is 5.26 Å². The third-order valence-electron chi connectivity index (χ3n) is 3.64. The molecular formula is C18H12ClN3O3S. The molecule has 0 aliphatic carbocycles. The molecule has 0 bridgehead atoms. The van der Waals surface area contributed by atoms with Gasteiger partial charge in [0.1, 0.15) is 21.8 Å². The van der Waals surface area contributed by atoms with Gasteiger partial charge in [-0.1, -0.05) is 35.5 Å². The molecule has 130 valence electrons. The number of anilines is 1. The number of nitrogens with zero attached hydrogens (tertiary/aromatic N) is 3. The van der Waals surface area contributed by atoms with Gasteiger partial charge in [-0.25, -0.2) is 9.78 Å². The lowest BCUT2D eigenvalue weighted by atomic mass is 10.2. The largest absolute Gasteiger partial charge is 0.454 e. The molecular weight excluding hydrogens is 374 g/mol. The maximum atomic E-state index is 12.4. The summed E-state index contributed by atoms with van der Waals surface area (Å²) in [5.74, 6) is -1.27. The maximum absolute atomic E-state index is 12.4. The average Bonchev–Trinajstić information content (AvgIpc) is 2.98. The van der Waals surface area contributed by atoms with Crippen molar-refractivity contribution in [1.82, 2.24) is 4.98 Å². The molecule has 26 heavy (non-hydrogen) atoms. The van der Waals surface area contributed by atoms with Crippen LogP contribution < -0.4 is 4.90 Å². The average molecular weight is 386 g/mol. The third kappa shape index (κ3) is 3.57. The van der Waals surface area contributed by atoms with Crippen molar-refractivity contribution in [3.05, 3.63) is 63.9 Å². The zero-order valence-corrected chi connectivity index (χ0v) is 15.2. The predicted octanol–water partition coefficient (Wildman–Crippen LogP) is 3.44. The van der Waals surface area contributed by atoms with E-state index in [1.165, 1.54) is 30.1 Å². The van der Waals surface area contributed by atoms with Crippen LogP contribution in [0.2, 0.25) is 5.15 Å². The quantitative estimate of drug-likeness (QED) is 0.345. The normalized spacial score (nSPS) is 14.4. The van der Waals surface area contributed by atoms with Crippen LogP contribution in [0.4, 0.5) is 5.69 Å². The number of hydrogen-bond donors (Lipinski definition) is 0. The van der Waals surface area contributed by atoms with Crippen molar-refractivity contribution in [2.45, 2.75) is 4.90 Å². The summed E-state index contributed by atoms with van der Waals surface area (Å²) in [6.07, 6.45) is 1.26.